The van der Waals surface area contributed by atoms with E-state index in [1.54, 1.807) is 10.7 Å². The third-order valence-corrected chi connectivity index (χ3v) is 3.92. The van der Waals surface area contributed by atoms with Gasteiger partial charge in [0.1, 0.15) is 0 Å². The summed E-state index contributed by atoms with van der Waals surface area (Å²) < 4.78 is 1.77. The molecule has 4 heteroatoms. The Hall–Kier alpha value is -1.03. The van der Waals surface area contributed by atoms with Crippen molar-refractivity contribution >= 4 is 0 Å². The van der Waals surface area contributed by atoms with Crippen LogP contribution in [0.4, 0.5) is 0 Å². The highest BCUT2D eigenvalue weighted by atomic mass is 16.1. The fourth-order valence-electron chi connectivity index (χ4n) is 2.65. The van der Waals surface area contributed by atoms with E-state index < -0.39 is 0 Å². The molecule has 1 aromatic rings. The van der Waals surface area contributed by atoms with Crippen LogP contribution in [0.3, 0.4) is 0 Å². The van der Waals surface area contributed by atoms with Gasteiger partial charge in [0.15, 0.2) is 0 Å². The Labute approximate surface area is 95.0 Å². The minimum Gasteiger partial charge on any atom is -0.312 e. The largest absolute Gasteiger partial charge is 0.312 e. The SMILES string of the molecule is O=c1cc(C2CCC2)[nH]n1C[C@H]1CCCN1. The zero-order valence-corrected chi connectivity index (χ0v) is 9.54. The number of nitrogens with one attached hydrogen (secondary N) is 2. The summed E-state index contributed by atoms with van der Waals surface area (Å²) in [5, 5.41) is 6.69. The first kappa shape index (κ1) is 10.1. The van der Waals surface area contributed by atoms with Crippen molar-refractivity contribution in [2.75, 3.05) is 6.54 Å². The Bertz CT molecular complexity index is 410. The van der Waals surface area contributed by atoms with Crippen LogP contribution in [0, 0.1) is 0 Å². The molecule has 0 bridgehead atoms. The van der Waals surface area contributed by atoms with E-state index in [-0.39, 0.29) is 5.56 Å². The smallest absolute Gasteiger partial charge is 0.266 e. The van der Waals surface area contributed by atoms with E-state index in [0.717, 1.165) is 18.8 Å². The minimum absolute atomic E-state index is 0.135. The van der Waals surface area contributed by atoms with Crippen molar-refractivity contribution < 1.29 is 0 Å². The first-order chi connectivity index (χ1) is 7.83. The van der Waals surface area contributed by atoms with Crippen LogP contribution in [0.2, 0.25) is 0 Å². The summed E-state index contributed by atoms with van der Waals surface area (Å²) in [6, 6.07) is 2.27. The van der Waals surface area contributed by atoms with Gasteiger partial charge in [-0.05, 0) is 32.2 Å². The molecule has 1 aliphatic heterocycles. The fraction of sp³-hybridized carbons (Fsp3) is 0.750. The molecule has 0 spiro atoms. The predicted molar refractivity (Wildman–Crippen MR) is 62.7 cm³/mol. The van der Waals surface area contributed by atoms with E-state index in [0.29, 0.717) is 12.0 Å². The van der Waals surface area contributed by atoms with E-state index in [4.69, 9.17) is 0 Å². The summed E-state index contributed by atoms with van der Waals surface area (Å²) in [6.45, 7) is 1.89. The average Bonchev–Trinajstić information content (AvgIpc) is 2.76. The van der Waals surface area contributed by atoms with Gasteiger partial charge < -0.3 is 5.32 Å². The molecule has 0 unspecified atom stereocenters. The number of rotatable bonds is 3. The van der Waals surface area contributed by atoms with Crippen LogP contribution in [0.15, 0.2) is 10.9 Å². The van der Waals surface area contributed by atoms with Crippen molar-refractivity contribution in [3.8, 4) is 0 Å². The Balaban J connectivity index is 1.73. The van der Waals surface area contributed by atoms with Gasteiger partial charge in [0.25, 0.3) is 5.56 Å². The zero-order chi connectivity index (χ0) is 11.0. The molecule has 1 aliphatic carbocycles. The van der Waals surface area contributed by atoms with E-state index >= 15 is 0 Å². The average molecular weight is 221 g/mol. The third-order valence-electron chi connectivity index (χ3n) is 3.92. The topological polar surface area (TPSA) is 49.8 Å². The summed E-state index contributed by atoms with van der Waals surface area (Å²) >= 11 is 0. The Morgan fingerprint density at radius 2 is 2.19 bits per heavy atom. The Kier molecular flexibility index (Phi) is 2.59. The molecule has 2 heterocycles. The Morgan fingerprint density at radius 3 is 2.81 bits per heavy atom. The number of aromatic amines is 1. The molecule has 0 amide bonds. The molecule has 2 N–H and O–H groups in total. The van der Waals surface area contributed by atoms with E-state index in [1.165, 1.54) is 32.1 Å². The lowest BCUT2D eigenvalue weighted by atomic mass is 9.83. The van der Waals surface area contributed by atoms with Crippen molar-refractivity contribution in [2.45, 2.75) is 50.6 Å². The maximum atomic E-state index is 11.8. The van der Waals surface area contributed by atoms with Gasteiger partial charge in [-0.15, -0.1) is 0 Å². The number of nitrogens with zero attached hydrogens (tertiary/aromatic N) is 1. The number of hydrogen-bond acceptors (Lipinski definition) is 2. The lowest BCUT2D eigenvalue weighted by Crippen LogP contribution is -2.31. The maximum absolute atomic E-state index is 11.8. The van der Waals surface area contributed by atoms with Crippen molar-refractivity contribution in [3.05, 3.63) is 22.1 Å². The van der Waals surface area contributed by atoms with Gasteiger partial charge in [0.2, 0.25) is 0 Å². The monoisotopic (exact) mass is 221 g/mol. The van der Waals surface area contributed by atoms with Crippen LogP contribution in [0.1, 0.15) is 43.7 Å². The van der Waals surface area contributed by atoms with Gasteiger partial charge in [-0.1, -0.05) is 6.42 Å². The molecule has 1 saturated carbocycles. The van der Waals surface area contributed by atoms with Crippen LogP contribution in [0.25, 0.3) is 0 Å². The minimum atomic E-state index is 0.135. The second-order valence-corrected chi connectivity index (χ2v) is 5.08. The summed E-state index contributed by atoms with van der Waals surface area (Å²) in [4.78, 5) is 11.8. The molecule has 0 aromatic carbocycles. The first-order valence-corrected chi connectivity index (χ1v) is 6.36. The molecule has 1 atom stereocenters. The molecule has 4 nitrogen and oxygen atoms in total. The summed E-state index contributed by atoms with van der Waals surface area (Å²) in [5.74, 6) is 0.616. The van der Waals surface area contributed by atoms with Crippen LogP contribution < -0.4 is 10.9 Å². The highest BCUT2D eigenvalue weighted by Crippen LogP contribution is 2.34. The molecule has 3 rings (SSSR count). The van der Waals surface area contributed by atoms with E-state index in [1.807, 2.05) is 0 Å². The molecular weight excluding hydrogens is 202 g/mol. The molecule has 88 valence electrons. The molecular formula is C12H19N3O. The third kappa shape index (κ3) is 1.82. The quantitative estimate of drug-likeness (QED) is 0.805. The zero-order valence-electron chi connectivity index (χ0n) is 9.54. The van der Waals surface area contributed by atoms with Gasteiger partial charge in [-0.25, -0.2) is 0 Å². The van der Waals surface area contributed by atoms with Gasteiger partial charge in [-0.2, -0.15) is 0 Å². The van der Waals surface area contributed by atoms with Gasteiger partial charge in [0, 0.05) is 23.7 Å². The standard InChI is InChI=1S/C12H19N3O/c16-12-7-11(9-3-1-4-9)14-15(12)8-10-5-2-6-13-10/h7,9-10,13-14H,1-6,8H2/t10-/m1/s1. The van der Waals surface area contributed by atoms with Crippen molar-refractivity contribution in [1.82, 2.24) is 15.1 Å². The molecule has 2 fully saturated rings. The number of aromatic nitrogens is 2. The van der Waals surface area contributed by atoms with Gasteiger partial charge >= 0.3 is 0 Å². The summed E-state index contributed by atoms with van der Waals surface area (Å²) in [7, 11) is 0. The lowest BCUT2D eigenvalue weighted by Gasteiger charge is -2.23. The van der Waals surface area contributed by atoms with E-state index in [9.17, 15) is 4.79 Å². The molecule has 1 aromatic heterocycles. The normalized spacial score (nSPS) is 25.9. The highest BCUT2D eigenvalue weighted by molar-refractivity contribution is 5.09. The molecule has 16 heavy (non-hydrogen) atoms. The molecule has 1 saturated heterocycles. The number of H-pyrrole nitrogens is 1. The van der Waals surface area contributed by atoms with Crippen molar-refractivity contribution in [2.24, 2.45) is 0 Å². The second kappa shape index (κ2) is 4.09. The summed E-state index contributed by atoms with van der Waals surface area (Å²) in [5.41, 5.74) is 1.28. The maximum Gasteiger partial charge on any atom is 0.266 e. The van der Waals surface area contributed by atoms with Gasteiger partial charge in [-0.3, -0.25) is 14.6 Å². The van der Waals surface area contributed by atoms with Crippen molar-refractivity contribution in [3.63, 3.8) is 0 Å². The fourth-order valence-corrected chi connectivity index (χ4v) is 2.65. The second-order valence-electron chi connectivity index (χ2n) is 5.08. The van der Waals surface area contributed by atoms with Crippen LogP contribution in [-0.4, -0.2) is 22.4 Å². The van der Waals surface area contributed by atoms with Gasteiger partial charge in [0.05, 0.1) is 6.54 Å². The van der Waals surface area contributed by atoms with E-state index in [2.05, 4.69) is 10.4 Å². The van der Waals surface area contributed by atoms with Crippen molar-refractivity contribution in [1.29, 1.82) is 0 Å². The summed E-state index contributed by atoms with van der Waals surface area (Å²) in [6.07, 6.45) is 6.20. The van der Waals surface area contributed by atoms with Crippen LogP contribution >= 0.6 is 0 Å². The predicted octanol–water partition coefficient (Wildman–Crippen LogP) is 1.20. The lowest BCUT2D eigenvalue weighted by molar-refractivity contribution is 0.399. The van der Waals surface area contributed by atoms with Crippen LogP contribution in [0.5, 0.6) is 0 Å². The van der Waals surface area contributed by atoms with Crippen LogP contribution in [-0.2, 0) is 6.54 Å². The molecule has 0 radical (unpaired) electrons. The molecule has 2 aliphatic rings. The Morgan fingerprint density at radius 1 is 1.31 bits per heavy atom. The first-order valence-electron chi connectivity index (χ1n) is 6.36. The highest BCUT2D eigenvalue weighted by Gasteiger charge is 2.23. The number of hydrogen-bond donors (Lipinski definition) is 2.